The summed E-state index contributed by atoms with van der Waals surface area (Å²) in [6.45, 7) is 12.1. The molecule has 0 aromatic heterocycles. The molecule has 9 nitrogen and oxygen atoms in total. The molecule has 0 aliphatic carbocycles. The molecule has 0 aromatic carbocycles. The number of hydrogen-bond donors (Lipinski definition) is 0. The summed E-state index contributed by atoms with van der Waals surface area (Å²) in [6, 6.07) is 0. The standard InChI is InChI=1S/C24H42O9/c1-7-10-13-28-18(4)31-22(25)16-21(24(27)33-20(6)30-15-12-9-3)17-23(26)32-19(5)29-14-11-8-2/h16,18-20H,7-15,17H2,1-6H3. The predicted octanol–water partition coefficient (Wildman–Crippen LogP) is 4.42. The molecule has 0 fully saturated rings. The van der Waals surface area contributed by atoms with Crippen molar-refractivity contribution in [2.24, 2.45) is 0 Å². The molecule has 0 aliphatic heterocycles. The Morgan fingerprint density at radius 3 is 1.55 bits per heavy atom. The number of ether oxygens (including phenoxy) is 6. The van der Waals surface area contributed by atoms with Crippen molar-refractivity contribution in [2.75, 3.05) is 19.8 Å². The van der Waals surface area contributed by atoms with E-state index in [0.717, 1.165) is 44.6 Å². The van der Waals surface area contributed by atoms with Gasteiger partial charge in [0.2, 0.25) is 0 Å². The van der Waals surface area contributed by atoms with Crippen LogP contribution in [0.25, 0.3) is 0 Å². The second kappa shape index (κ2) is 19.5. The van der Waals surface area contributed by atoms with Crippen molar-refractivity contribution in [3.8, 4) is 0 Å². The average Bonchev–Trinajstić information content (AvgIpc) is 2.73. The molecule has 0 rings (SSSR count). The minimum absolute atomic E-state index is 0.211. The van der Waals surface area contributed by atoms with Gasteiger partial charge in [-0.2, -0.15) is 0 Å². The van der Waals surface area contributed by atoms with E-state index in [1.54, 1.807) is 20.8 Å². The van der Waals surface area contributed by atoms with Gasteiger partial charge in [-0.05, 0) is 40.0 Å². The quantitative estimate of drug-likeness (QED) is 0.0884. The van der Waals surface area contributed by atoms with Gasteiger partial charge in [-0.1, -0.05) is 40.0 Å². The van der Waals surface area contributed by atoms with Crippen molar-refractivity contribution in [2.45, 2.75) is 105 Å². The van der Waals surface area contributed by atoms with Crippen molar-refractivity contribution in [1.29, 1.82) is 0 Å². The van der Waals surface area contributed by atoms with E-state index >= 15 is 0 Å². The van der Waals surface area contributed by atoms with E-state index in [-0.39, 0.29) is 5.57 Å². The largest absolute Gasteiger partial charge is 0.436 e. The molecule has 0 bridgehead atoms. The number of rotatable bonds is 19. The van der Waals surface area contributed by atoms with Crippen LogP contribution >= 0.6 is 0 Å². The van der Waals surface area contributed by atoms with Crippen molar-refractivity contribution < 1.29 is 42.8 Å². The third-order valence-electron chi connectivity index (χ3n) is 4.29. The molecular weight excluding hydrogens is 432 g/mol. The lowest BCUT2D eigenvalue weighted by atomic mass is 10.2. The molecule has 9 heteroatoms. The SMILES string of the molecule is CCCCOC(C)OC(=O)C=C(CC(=O)OC(C)OCCCC)C(=O)OC(C)OCCCC. The van der Waals surface area contributed by atoms with Crippen molar-refractivity contribution >= 4 is 17.9 Å². The van der Waals surface area contributed by atoms with Gasteiger partial charge in [0, 0.05) is 6.08 Å². The second-order valence-electron chi connectivity index (χ2n) is 7.55. The molecule has 0 saturated heterocycles. The van der Waals surface area contributed by atoms with Gasteiger partial charge in [0.15, 0.2) is 18.9 Å². The summed E-state index contributed by atoms with van der Waals surface area (Å²) in [7, 11) is 0. The maximum atomic E-state index is 12.6. The number of unbranched alkanes of at least 4 members (excludes halogenated alkanes) is 3. The van der Waals surface area contributed by atoms with E-state index in [0.29, 0.717) is 19.8 Å². The minimum atomic E-state index is -0.869. The molecule has 0 aromatic rings. The van der Waals surface area contributed by atoms with Crippen LogP contribution in [0.5, 0.6) is 0 Å². The van der Waals surface area contributed by atoms with E-state index in [4.69, 9.17) is 28.4 Å². The van der Waals surface area contributed by atoms with Crippen molar-refractivity contribution in [3.63, 3.8) is 0 Å². The Kier molecular flexibility index (Phi) is 18.3. The lowest BCUT2D eigenvalue weighted by molar-refractivity contribution is -0.178. The van der Waals surface area contributed by atoms with Gasteiger partial charge in [-0.3, -0.25) is 4.79 Å². The first-order valence-electron chi connectivity index (χ1n) is 11.9. The molecule has 3 atom stereocenters. The van der Waals surface area contributed by atoms with Crippen molar-refractivity contribution in [1.82, 2.24) is 0 Å². The highest BCUT2D eigenvalue weighted by Crippen LogP contribution is 2.12. The zero-order valence-corrected chi connectivity index (χ0v) is 21.1. The van der Waals surface area contributed by atoms with E-state index < -0.39 is 43.2 Å². The van der Waals surface area contributed by atoms with Gasteiger partial charge in [0.05, 0.1) is 31.8 Å². The maximum Gasteiger partial charge on any atom is 0.337 e. The zero-order valence-electron chi connectivity index (χ0n) is 21.1. The third-order valence-corrected chi connectivity index (χ3v) is 4.29. The highest BCUT2D eigenvalue weighted by Gasteiger charge is 2.22. The summed E-state index contributed by atoms with van der Waals surface area (Å²) < 4.78 is 31.7. The molecular formula is C24H42O9. The fourth-order valence-electron chi connectivity index (χ4n) is 2.41. The summed E-state index contributed by atoms with van der Waals surface area (Å²) in [5.74, 6) is -2.43. The Morgan fingerprint density at radius 2 is 1.09 bits per heavy atom. The second-order valence-corrected chi connectivity index (χ2v) is 7.55. The van der Waals surface area contributed by atoms with E-state index in [9.17, 15) is 14.4 Å². The molecule has 0 amide bonds. The summed E-state index contributed by atoms with van der Waals surface area (Å²) in [6.07, 6.45) is 3.31. The normalized spacial score (nSPS) is 14.3. The molecule has 3 unspecified atom stereocenters. The molecule has 33 heavy (non-hydrogen) atoms. The highest BCUT2D eigenvalue weighted by atomic mass is 16.7. The van der Waals surface area contributed by atoms with Gasteiger partial charge in [0.1, 0.15) is 0 Å². The van der Waals surface area contributed by atoms with E-state index in [1.165, 1.54) is 0 Å². The Balaban J connectivity index is 5.09. The summed E-state index contributed by atoms with van der Waals surface area (Å²) in [5.41, 5.74) is -0.211. The number of carbonyl (C=O) groups is 3. The molecule has 0 aliphatic rings. The van der Waals surface area contributed by atoms with Crippen LogP contribution in [0.3, 0.4) is 0 Å². The van der Waals surface area contributed by atoms with E-state index in [1.807, 2.05) is 20.8 Å². The van der Waals surface area contributed by atoms with Gasteiger partial charge in [-0.15, -0.1) is 0 Å². The van der Waals surface area contributed by atoms with Crippen LogP contribution in [-0.4, -0.2) is 56.6 Å². The van der Waals surface area contributed by atoms with Crippen molar-refractivity contribution in [3.05, 3.63) is 11.6 Å². The number of carbonyl (C=O) groups excluding carboxylic acids is 3. The molecule has 192 valence electrons. The topological polar surface area (TPSA) is 107 Å². The Morgan fingerprint density at radius 1 is 0.667 bits per heavy atom. The Hall–Kier alpha value is -1.97. The van der Waals surface area contributed by atoms with Gasteiger partial charge >= 0.3 is 17.9 Å². The fourth-order valence-corrected chi connectivity index (χ4v) is 2.41. The van der Waals surface area contributed by atoms with Gasteiger partial charge in [-0.25, -0.2) is 9.59 Å². The maximum absolute atomic E-state index is 12.6. The Bertz CT molecular complexity index is 588. The van der Waals surface area contributed by atoms with Gasteiger partial charge in [0.25, 0.3) is 0 Å². The molecule has 0 heterocycles. The van der Waals surface area contributed by atoms with Crippen LogP contribution in [-0.2, 0) is 42.8 Å². The molecule has 0 radical (unpaired) electrons. The summed E-state index contributed by atoms with van der Waals surface area (Å²) >= 11 is 0. The smallest absolute Gasteiger partial charge is 0.337 e. The average molecular weight is 475 g/mol. The lowest BCUT2D eigenvalue weighted by Gasteiger charge is -2.17. The fraction of sp³-hybridized carbons (Fsp3) is 0.792. The summed E-state index contributed by atoms with van der Waals surface area (Å²) in [5, 5.41) is 0. The Labute approximate surface area is 198 Å². The van der Waals surface area contributed by atoms with Crippen LogP contribution < -0.4 is 0 Å². The van der Waals surface area contributed by atoms with E-state index in [2.05, 4.69) is 0 Å². The first kappa shape index (κ1) is 31.0. The first-order chi connectivity index (χ1) is 15.7. The van der Waals surface area contributed by atoms with Crippen LogP contribution in [0, 0.1) is 0 Å². The number of esters is 3. The number of hydrogen-bond acceptors (Lipinski definition) is 9. The minimum Gasteiger partial charge on any atom is -0.436 e. The van der Waals surface area contributed by atoms with Crippen LogP contribution in [0.1, 0.15) is 86.5 Å². The zero-order chi connectivity index (χ0) is 25.1. The lowest BCUT2D eigenvalue weighted by Crippen LogP contribution is -2.25. The van der Waals surface area contributed by atoms with Crippen LogP contribution in [0.2, 0.25) is 0 Å². The third kappa shape index (κ3) is 17.2. The monoisotopic (exact) mass is 474 g/mol. The molecule has 0 N–H and O–H groups in total. The predicted molar refractivity (Wildman–Crippen MR) is 122 cm³/mol. The van der Waals surface area contributed by atoms with Gasteiger partial charge < -0.3 is 28.4 Å². The summed E-state index contributed by atoms with van der Waals surface area (Å²) in [4.78, 5) is 37.2. The highest BCUT2D eigenvalue weighted by molar-refractivity contribution is 5.99. The van der Waals surface area contributed by atoms with Crippen LogP contribution in [0.15, 0.2) is 11.6 Å². The molecule has 0 saturated carbocycles. The first-order valence-corrected chi connectivity index (χ1v) is 11.9. The van der Waals surface area contributed by atoms with Crippen LogP contribution in [0.4, 0.5) is 0 Å². The molecule has 0 spiro atoms.